The zero-order chi connectivity index (χ0) is 21.3. The molecule has 0 aliphatic carbocycles. The van der Waals surface area contributed by atoms with E-state index >= 15 is 0 Å². The average molecular weight is 409 g/mol. The van der Waals surface area contributed by atoms with Crippen LogP contribution in [0.1, 0.15) is 23.1 Å². The predicted molar refractivity (Wildman–Crippen MR) is 113 cm³/mol. The Labute approximate surface area is 173 Å². The monoisotopic (exact) mass is 409 g/mol. The fourth-order valence-electron chi connectivity index (χ4n) is 3.66. The normalized spacial score (nSPS) is 12.6. The zero-order valence-electron chi connectivity index (χ0n) is 17.2. The average Bonchev–Trinajstić information content (AvgIpc) is 2.74. The lowest BCUT2D eigenvalue weighted by molar-refractivity contribution is -0.116. The molecule has 1 amide bonds. The first-order valence-electron chi connectivity index (χ1n) is 9.77. The van der Waals surface area contributed by atoms with Gasteiger partial charge in [-0.2, -0.15) is 0 Å². The fraction of sp³-hybridized carbons (Fsp3) is 0.304. The number of aryl methyl sites for hydroxylation is 2. The second-order valence-corrected chi connectivity index (χ2v) is 7.17. The van der Waals surface area contributed by atoms with Crippen molar-refractivity contribution < 1.29 is 23.4 Å². The molecule has 0 saturated heterocycles. The van der Waals surface area contributed by atoms with E-state index in [1.54, 1.807) is 25.3 Å². The van der Waals surface area contributed by atoms with Gasteiger partial charge in [0.1, 0.15) is 24.5 Å². The summed E-state index contributed by atoms with van der Waals surface area (Å²) in [5, 5.41) is 3.68. The van der Waals surface area contributed by atoms with Gasteiger partial charge < -0.3 is 23.9 Å². The van der Waals surface area contributed by atoms with Gasteiger partial charge in [-0.3, -0.25) is 4.79 Å². The standard InChI is InChI=1S/C23H23NO6/c1-13-16-5-8-18(27-3)14(2)22(16)30-23(26)17(13)6-9-21(25)24-15-4-7-19-20(12-15)29-11-10-28-19/h4-5,7-8,12H,6,9-11H2,1-3H3,(H,24,25). The molecule has 1 aliphatic heterocycles. The Kier molecular flexibility index (Phi) is 5.35. The maximum Gasteiger partial charge on any atom is 0.339 e. The van der Waals surface area contributed by atoms with E-state index in [9.17, 15) is 9.59 Å². The van der Waals surface area contributed by atoms with Crippen LogP contribution in [0.4, 0.5) is 5.69 Å². The molecular formula is C23H23NO6. The van der Waals surface area contributed by atoms with E-state index in [0.29, 0.717) is 47.3 Å². The summed E-state index contributed by atoms with van der Waals surface area (Å²) in [5.74, 6) is 1.74. The molecule has 0 fully saturated rings. The Morgan fingerprint density at radius 3 is 2.60 bits per heavy atom. The summed E-state index contributed by atoms with van der Waals surface area (Å²) in [6, 6.07) is 8.99. The lowest BCUT2D eigenvalue weighted by Gasteiger charge is -2.19. The first-order chi connectivity index (χ1) is 14.5. The molecule has 1 N–H and O–H groups in total. The van der Waals surface area contributed by atoms with Crippen molar-refractivity contribution in [2.75, 3.05) is 25.6 Å². The van der Waals surface area contributed by atoms with Crippen molar-refractivity contribution in [3.05, 3.63) is 57.4 Å². The number of hydrogen-bond donors (Lipinski definition) is 1. The Bertz CT molecular complexity index is 1180. The molecule has 3 aromatic rings. The van der Waals surface area contributed by atoms with E-state index in [2.05, 4.69) is 5.32 Å². The molecule has 1 aromatic heterocycles. The van der Waals surface area contributed by atoms with Crippen LogP contribution < -0.4 is 25.2 Å². The van der Waals surface area contributed by atoms with E-state index in [4.69, 9.17) is 18.6 Å². The predicted octanol–water partition coefficient (Wildman–Crippen LogP) is 3.76. The van der Waals surface area contributed by atoms with Crippen LogP contribution in [0, 0.1) is 13.8 Å². The summed E-state index contributed by atoms with van der Waals surface area (Å²) in [4.78, 5) is 25.0. The van der Waals surface area contributed by atoms with E-state index < -0.39 is 5.63 Å². The summed E-state index contributed by atoms with van der Waals surface area (Å²) < 4.78 is 21.9. The lowest BCUT2D eigenvalue weighted by Crippen LogP contribution is -2.18. The quantitative estimate of drug-likeness (QED) is 0.646. The van der Waals surface area contributed by atoms with Gasteiger partial charge in [0.15, 0.2) is 11.5 Å². The lowest BCUT2D eigenvalue weighted by atomic mass is 10.00. The first-order valence-corrected chi connectivity index (χ1v) is 9.77. The maximum absolute atomic E-state index is 12.6. The summed E-state index contributed by atoms with van der Waals surface area (Å²) in [6.07, 6.45) is 0.437. The molecule has 0 spiro atoms. The van der Waals surface area contributed by atoms with Crippen LogP contribution in [0.3, 0.4) is 0 Å². The van der Waals surface area contributed by atoms with Crippen LogP contribution in [0.2, 0.25) is 0 Å². The third kappa shape index (κ3) is 3.70. The minimum Gasteiger partial charge on any atom is -0.496 e. The van der Waals surface area contributed by atoms with Crippen LogP contribution in [0.25, 0.3) is 11.0 Å². The molecule has 1 aliphatic rings. The molecule has 0 saturated carbocycles. The van der Waals surface area contributed by atoms with Crippen LogP contribution in [-0.2, 0) is 11.2 Å². The van der Waals surface area contributed by atoms with E-state index in [0.717, 1.165) is 16.5 Å². The topological polar surface area (TPSA) is 87.0 Å². The van der Waals surface area contributed by atoms with Gasteiger partial charge in [0.2, 0.25) is 5.91 Å². The summed E-state index contributed by atoms with van der Waals surface area (Å²) in [7, 11) is 1.58. The molecule has 7 nitrogen and oxygen atoms in total. The van der Waals surface area contributed by atoms with Gasteiger partial charge in [-0.25, -0.2) is 4.79 Å². The van der Waals surface area contributed by atoms with Gasteiger partial charge in [-0.05, 0) is 50.1 Å². The molecular weight excluding hydrogens is 386 g/mol. The van der Waals surface area contributed by atoms with Crippen LogP contribution in [0.5, 0.6) is 17.2 Å². The molecule has 30 heavy (non-hydrogen) atoms. The molecule has 0 bridgehead atoms. The van der Waals surface area contributed by atoms with Crippen molar-refractivity contribution in [3.63, 3.8) is 0 Å². The number of benzene rings is 2. The van der Waals surface area contributed by atoms with Gasteiger partial charge in [-0.15, -0.1) is 0 Å². The second kappa shape index (κ2) is 8.10. The first kappa shape index (κ1) is 19.8. The van der Waals surface area contributed by atoms with E-state index in [1.165, 1.54) is 0 Å². The van der Waals surface area contributed by atoms with Crippen LogP contribution >= 0.6 is 0 Å². The van der Waals surface area contributed by atoms with Crippen molar-refractivity contribution >= 4 is 22.6 Å². The molecule has 0 radical (unpaired) electrons. The van der Waals surface area contributed by atoms with Crippen LogP contribution in [0.15, 0.2) is 39.5 Å². The molecule has 4 rings (SSSR count). The van der Waals surface area contributed by atoms with Gasteiger partial charge >= 0.3 is 5.63 Å². The van der Waals surface area contributed by atoms with Crippen molar-refractivity contribution in [1.82, 2.24) is 0 Å². The molecule has 2 heterocycles. The summed E-state index contributed by atoms with van der Waals surface area (Å²) >= 11 is 0. The third-order valence-electron chi connectivity index (χ3n) is 5.30. The number of carbonyl (C=O) groups is 1. The fourth-order valence-corrected chi connectivity index (χ4v) is 3.66. The van der Waals surface area contributed by atoms with Crippen molar-refractivity contribution in [1.29, 1.82) is 0 Å². The van der Waals surface area contributed by atoms with Gasteiger partial charge in [-0.1, -0.05) is 0 Å². The molecule has 2 aromatic carbocycles. The number of anilines is 1. The van der Waals surface area contributed by atoms with E-state index in [1.807, 2.05) is 26.0 Å². The van der Waals surface area contributed by atoms with Crippen molar-refractivity contribution in [3.8, 4) is 17.2 Å². The molecule has 0 atom stereocenters. The second-order valence-electron chi connectivity index (χ2n) is 7.17. The summed E-state index contributed by atoms with van der Waals surface area (Å²) in [6.45, 7) is 4.72. The Morgan fingerprint density at radius 1 is 1.07 bits per heavy atom. The number of fused-ring (bicyclic) bond motifs is 2. The Morgan fingerprint density at radius 2 is 1.83 bits per heavy atom. The SMILES string of the molecule is COc1ccc2c(C)c(CCC(=O)Nc3ccc4c(c3)OCCO4)c(=O)oc2c1C. The Hall–Kier alpha value is -3.48. The molecule has 156 valence electrons. The number of rotatable bonds is 5. The van der Waals surface area contributed by atoms with Crippen molar-refractivity contribution in [2.45, 2.75) is 26.7 Å². The van der Waals surface area contributed by atoms with Gasteiger partial charge in [0.05, 0.1) is 7.11 Å². The highest BCUT2D eigenvalue weighted by atomic mass is 16.6. The number of methoxy groups -OCH3 is 1. The van der Waals surface area contributed by atoms with Crippen LogP contribution in [-0.4, -0.2) is 26.2 Å². The third-order valence-corrected chi connectivity index (χ3v) is 5.30. The minimum atomic E-state index is -0.427. The van der Waals surface area contributed by atoms with Crippen molar-refractivity contribution in [2.24, 2.45) is 0 Å². The zero-order valence-corrected chi connectivity index (χ0v) is 17.2. The highest BCUT2D eigenvalue weighted by molar-refractivity contribution is 5.91. The number of nitrogens with one attached hydrogen (secondary N) is 1. The number of carbonyl (C=O) groups excluding carboxylic acids is 1. The number of hydrogen-bond acceptors (Lipinski definition) is 6. The minimum absolute atomic E-state index is 0.153. The summed E-state index contributed by atoms with van der Waals surface area (Å²) in [5.41, 5.74) is 2.81. The highest BCUT2D eigenvalue weighted by Crippen LogP contribution is 2.33. The highest BCUT2D eigenvalue weighted by Gasteiger charge is 2.17. The smallest absolute Gasteiger partial charge is 0.339 e. The van der Waals surface area contributed by atoms with E-state index in [-0.39, 0.29) is 18.7 Å². The molecule has 0 unspecified atom stereocenters. The van der Waals surface area contributed by atoms with Gasteiger partial charge in [0, 0.05) is 34.7 Å². The molecule has 7 heteroatoms. The maximum atomic E-state index is 12.6. The largest absolute Gasteiger partial charge is 0.496 e. The number of amides is 1. The Balaban J connectivity index is 1.50. The van der Waals surface area contributed by atoms with Gasteiger partial charge in [0.25, 0.3) is 0 Å². The number of ether oxygens (including phenoxy) is 3.